The molecule has 0 aromatic carbocycles. The maximum atomic E-state index is 12.6. The van der Waals surface area contributed by atoms with Gasteiger partial charge in [-0.15, -0.1) is 0 Å². The van der Waals surface area contributed by atoms with Crippen LogP contribution in [0.1, 0.15) is 39.5 Å². The molecule has 0 aromatic heterocycles. The van der Waals surface area contributed by atoms with E-state index in [4.69, 9.17) is 0 Å². The minimum atomic E-state index is 0.0634. The molecule has 1 amide bonds. The number of amides is 1. The SMILES string of the molecule is CN1CCN(C(=O)C2CCC(C=O)CC2)CC1(C)C. The van der Waals surface area contributed by atoms with Gasteiger partial charge in [-0.25, -0.2) is 0 Å². The number of hydrogen-bond donors (Lipinski definition) is 0. The molecule has 108 valence electrons. The number of rotatable bonds is 2. The number of carbonyl (C=O) groups excluding carboxylic acids is 2. The van der Waals surface area contributed by atoms with Crippen LogP contribution in [0.3, 0.4) is 0 Å². The first-order chi connectivity index (χ1) is 8.94. The highest BCUT2D eigenvalue weighted by atomic mass is 16.2. The zero-order valence-electron chi connectivity index (χ0n) is 12.4. The molecule has 0 radical (unpaired) electrons. The van der Waals surface area contributed by atoms with Crippen molar-refractivity contribution in [3.63, 3.8) is 0 Å². The lowest BCUT2D eigenvalue weighted by atomic mass is 9.81. The highest BCUT2D eigenvalue weighted by Gasteiger charge is 2.36. The maximum absolute atomic E-state index is 12.6. The smallest absolute Gasteiger partial charge is 0.225 e. The Morgan fingerprint density at radius 1 is 1.16 bits per heavy atom. The molecule has 1 heterocycles. The van der Waals surface area contributed by atoms with Crippen molar-refractivity contribution in [2.75, 3.05) is 26.7 Å². The van der Waals surface area contributed by atoms with E-state index in [9.17, 15) is 9.59 Å². The summed E-state index contributed by atoms with van der Waals surface area (Å²) in [7, 11) is 2.12. The standard InChI is InChI=1S/C15H26N2O2/c1-15(2)11-17(9-8-16(15)3)14(19)13-6-4-12(10-18)5-7-13/h10,12-13H,4-9,11H2,1-3H3. The molecule has 0 N–H and O–H groups in total. The topological polar surface area (TPSA) is 40.6 Å². The summed E-state index contributed by atoms with van der Waals surface area (Å²) in [4.78, 5) is 27.7. The second-order valence-electron chi connectivity index (χ2n) is 6.74. The van der Waals surface area contributed by atoms with Gasteiger partial charge < -0.3 is 9.69 Å². The first-order valence-electron chi connectivity index (χ1n) is 7.39. The third-order valence-electron chi connectivity index (χ3n) is 4.94. The average molecular weight is 266 g/mol. The molecule has 2 rings (SSSR count). The van der Waals surface area contributed by atoms with Crippen molar-refractivity contribution >= 4 is 12.2 Å². The van der Waals surface area contributed by atoms with Crippen molar-refractivity contribution in [1.29, 1.82) is 0 Å². The van der Waals surface area contributed by atoms with Gasteiger partial charge in [0.25, 0.3) is 0 Å². The number of piperazine rings is 1. The number of aldehydes is 1. The normalized spacial score (nSPS) is 32.1. The van der Waals surface area contributed by atoms with Gasteiger partial charge in [0, 0.05) is 37.0 Å². The van der Waals surface area contributed by atoms with Gasteiger partial charge in [-0.1, -0.05) is 0 Å². The van der Waals surface area contributed by atoms with Gasteiger partial charge in [0.1, 0.15) is 6.29 Å². The largest absolute Gasteiger partial charge is 0.339 e. The van der Waals surface area contributed by atoms with E-state index in [0.717, 1.165) is 51.6 Å². The summed E-state index contributed by atoms with van der Waals surface area (Å²) < 4.78 is 0. The summed E-state index contributed by atoms with van der Waals surface area (Å²) in [5.74, 6) is 0.647. The molecule has 4 heteroatoms. The van der Waals surface area contributed by atoms with Crippen LogP contribution in [-0.2, 0) is 9.59 Å². The summed E-state index contributed by atoms with van der Waals surface area (Å²) in [6.45, 7) is 6.98. The highest BCUT2D eigenvalue weighted by Crippen LogP contribution is 2.30. The van der Waals surface area contributed by atoms with Crippen LogP contribution in [0.4, 0.5) is 0 Å². The molecule has 0 unspecified atom stereocenters. The first-order valence-corrected chi connectivity index (χ1v) is 7.39. The number of hydrogen-bond acceptors (Lipinski definition) is 3. The van der Waals surface area contributed by atoms with E-state index in [-0.39, 0.29) is 17.4 Å². The fourth-order valence-electron chi connectivity index (χ4n) is 3.19. The van der Waals surface area contributed by atoms with Gasteiger partial charge in [-0.3, -0.25) is 9.69 Å². The van der Waals surface area contributed by atoms with Crippen LogP contribution in [0.15, 0.2) is 0 Å². The van der Waals surface area contributed by atoms with Crippen molar-refractivity contribution in [3.8, 4) is 0 Å². The Kier molecular flexibility index (Phi) is 4.29. The number of carbonyl (C=O) groups is 2. The quantitative estimate of drug-likeness (QED) is 0.712. The Bertz CT molecular complexity index is 346. The fraction of sp³-hybridized carbons (Fsp3) is 0.867. The van der Waals surface area contributed by atoms with Crippen LogP contribution >= 0.6 is 0 Å². The van der Waals surface area contributed by atoms with Crippen LogP contribution < -0.4 is 0 Å². The minimum absolute atomic E-state index is 0.0634. The second kappa shape index (κ2) is 5.61. The van der Waals surface area contributed by atoms with Crippen molar-refractivity contribution < 1.29 is 9.59 Å². The van der Waals surface area contributed by atoms with Crippen LogP contribution in [0.2, 0.25) is 0 Å². The second-order valence-corrected chi connectivity index (χ2v) is 6.74. The van der Waals surface area contributed by atoms with Crippen molar-refractivity contribution in [2.45, 2.75) is 45.1 Å². The van der Waals surface area contributed by atoms with Gasteiger partial charge in [-0.05, 0) is 46.6 Å². The molecule has 19 heavy (non-hydrogen) atoms. The summed E-state index contributed by atoms with van der Waals surface area (Å²) in [6.07, 6.45) is 4.60. The van der Waals surface area contributed by atoms with Gasteiger partial charge in [-0.2, -0.15) is 0 Å². The third kappa shape index (κ3) is 3.16. The molecule has 2 aliphatic rings. The van der Waals surface area contributed by atoms with E-state index in [1.807, 2.05) is 4.90 Å². The zero-order chi connectivity index (χ0) is 14.0. The van der Waals surface area contributed by atoms with Crippen LogP contribution in [-0.4, -0.2) is 54.2 Å². The average Bonchev–Trinajstić information content (AvgIpc) is 2.41. The molecule has 0 spiro atoms. The molecule has 0 aromatic rings. The lowest BCUT2D eigenvalue weighted by Gasteiger charge is -2.46. The molecule has 1 aliphatic heterocycles. The summed E-state index contributed by atoms with van der Waals surface area (Å²) >= 11 is 0. The van der Waals surface area contributed by atoms with Gasteiger partial charge in [0.2, 0.25) is 5.91 Å². The minimum Gasteiger partial charge on any atom is -0.339 e. The Morgan fingerprint density at radius 2 is 1.79 bits per heavy atom. The fourth-order valence-corrected chi connectivity index (χ4v) is 3.19. The van der Waals surface area contributed by atoms with E-state index in [1.165, 1.54) is 0 Å². The zero-order valence-corrected chi connectivity index (χ0v) is 12.4. The number of nitrogens with zero attached hydrogens (tertiary/aromatic N) is 2. The van der Waals surface area contributed by atoms with E-state index >= 15 is 0 Å². The lowest BCUT2D eigenvalue weighted by Crippen LogP contribution is -2.59. The van der Waals surface area contributed by atoms with E-state index in [2.05, 4.69) is 25.8 Å². The molecular weight excluding hydrogens is 240 g/mol. The first kappa shape index (κ1) is 14.5. The maximum Gasteiger partial charge on any atom is 0.225 e. The summed E-state index contributed by atoms with van der Waals surface area (Å²) in [6, 6.07) is 0. The molecule has 1 saturated heterocycles. The Morgan fingerprint density at radius 3 is 2.32 bits per heavy atom. The lowest BCUT2D eigenvalue weighted by molar-refractivity contribution is -0.141. The van der Waals surface area contributed by atoms with Crippen LogP contribution in [0.5, 0.6) is 0 Å². The molecule has 1 saturated carbocycles. The van der Waals surface area contributed by atoms with Crippen molar-refractivity contribution in [1.82, 2.24) is 9.80 Å². The monoisotopic (exact) mass is 266 g/mol. The van der Waals surface area contributed by atoms with Crippen molar-refractivity contribution in [3.05, 3.63) is 0 Å². The van der Waals surface area contributed by atoms with Crippen molar-refractivity contribution in [2.24, 2.45) is 11.8 Å². The predicted molar refractivity (Wildman–Crippen MR) is 74.8 cm³/mol. The summed E-state index contributed by atoms with van der Waals surface area (Å²) in [5, 5.41) is 0. The summed E-state index contributed by atoms with van der Waals surface area (Å²) in [5.41, 5.74) is 0.0634. The van der Waals surface area contributed by atoms with E-state index in [0.29, 0.717) is 5.91 Å². The Hall–Kier alpha value is -0.900. The third-order valence-corrected chi connectivity index (χ3v) is 4.94. The van der Waals surface area contributed by atoms with Crippen LogP contribution in [0, 0.1) is 11.8 Å². The van der Waals surface area contributed by atoms with Gasteiger partial charge in [0.05, 0.1) is 0 Å². The van der Waals surface area contributed by atoms with Gasteiger partial charge >= 0.3 is 0 Å². The van der Waals surface area contributed by atoms with E-state index in [1.54, 1.807) is 0 Å². The van der Waals surface area contributed by atoms with Gasteiger partial charge in [0.15, 0.2) is 0 Å². The van der Waals surface area contributed by atoms with Crippen LogP contribution in [0.25, 0.3) is 0 Å². The van der Waals surface area contributed by atoms with E-state index < -0.39 is 0 Å². The molecule has 0 bridgehead atoms. The Balaban J connectivity index is 1.92. The molecule has 1 aliphatic carbocycles. The molecule has 0 atom stereocenters. The number of likely N-dealkylation sites (N-methyl/N-ethyl adjacent to an activating group) is 1. The Labute approximate surface area is 116 Å². The molecule has 2 fully saturated rings. The predicted octanol–water partition coefficient (Wildman–Crippen LogP) is 1.54. The highest BCUT2D eigenvalue weighted by molar-refractivity contribution is 5.79. The molecular formula is C15H26N2O2. The molecule has 4 nitrogen and oxygen atoms in total.